The van der Waals surface area contributed by atoms with E-state index in [-0.39, 0.29) is 11.9 Å². The molecule has 4 rings (SSSR count). The number of hydrogen-bond acceptors (Lipinski definition) is 3. The Bertz CT molecular complexity index is 752. The molecule has 1 aromatic carbocycles. The minimum Gasteiger partial charge on any atom is -0.370 e. The summed E-state index contributed by atoms with van der Waals surface area (Å²) in [4.78, 5) is 21.7. The Morgan fingerprint density at radius 2 is 1.92 bits per heavy atom. The van der Waals surface area contributed by atoms with Gasteiger partial charge in [0.15, 0.2) is 0 Å². The smallest absolute Gasteiger partial charge is 0.260 e. The molecule has 0 bridgehead atoms. The fraction of sp³-hybridized carbons (Fsp3) is 0.400. The van der Waals surface area contributed by atoms with Crippen LogP contribution in [0.15, 0.2) is 42.7 Å². The Kier molecular flexibility index (Phi) is 3.97. The monoisotopic (exact) mass is 321 g/mol. The van der Waals surface area contributed by atoms with Crippen molar-refractivity contribution in [2.45, 2.75) is 38.6 Å². The van der Waals surface area contributed by atoms with Crippen molar-refractivity contribution in [1.29, 1.82) is 0 Å². The van der Waals surface area contributed by atoms with Gasteiger partial charge in [-0.15, -0.1) is 0 Å². The van der Waals surface area contributed by atoms with E-state index in [1.54, 1.807) is 6.20 Å². The van der Waals surface area contributed by atoms with Crippen molar-refractivity contribution < 1.29 is 4.79 Å². The molecule has 1 fully saturated rings. The Morgan fingerprint density at radius 3 is 2.75 bits per heavy atom. The molecule has 1 atom stereocenters. The van der Waals surface area contributed by atoms with Crippen LogP contribution in [-0.4, -0.2) is 30.0 Å². The Morgan fingerprint density at radius 1 is 1.12 bits per heavy atom. The van der Waals surface area contributed by atoms with E-state index < -0.39 is 0 Å². The van der Waals surface area contributed by atoms with Gasteiger partial charge in [-0.3, -0.25) is 9.78 Å². The van der Waals surface area contributed by atoms with Crippen LogP contribution in [0.25, 0.3) is 0 Å². The molecule has 24 heavy (non-hydrogen) atoms. The highest BCUT2D eigenvalue weighted by Gasteiger charge is 2.31. The summed E-state index contributed by atoms with van der Waals surface area (Å²) >= 11 is 0. The number of piperidine rings is 1. The first kappa shape index (κ1) is 15.2. The maximum absolute atomic E-state index is 13.1. The fourth-order valence-corrected chi connectivity index (χ4v) is 3.88. The number of amides is 1. The minimum absolute atomic E-state index is 0.0545. The molecular weight excluding hydrogens is 298 g/mol. The molecule has 2 aromatic rings. The van der Waals surface area contributed by atoms with E-state index in [0.717, 1.165) is 30.9 Å². The van der Waals surface area contributed by atoms with Gasteiger partial charge in [0.2, 0.25) is 0 Å². The maximum Gasteiger partial charge on any atom is 0.260 e. The molecule has 0 radical (unpaired) electrons. The lowest BCUT2D eigenvalue weighted by atomic mass is 10.1. The van der Waals surface area contributed by atoms with Gasteiger partial charge in [0.1, 0.15) is 0 Å². The third-order valence-corrected chi connectivity index (χ3v) is 5.12. The molecule has 0 N–H and O–H groups in total. The second kappa shape index (κ2) is 6.27. The molecule has 0 saturated carbocycles. The lowest BCUT2D eigenvalue weighted by molar-refractivity contribution is 0.0981. The number of para-hydroxylation sites is 1. The standard InChI is InChI=1S/C20H23N3O/c1-15-11-16-7-3-4-8-19(16)23(15)20(24)17-12-18(14-21-13-17)22-9-5-2-6-10-22/h3-4,7-8,12-15H,2,5-6,9-11H2,1H3. The second-order valence-corrected chi connectivity index (χ2v) is 6.84. The zero-order valence-corrected chi connectivity index (χ0v) is 14.1. The molecule has 1 saturated heterocycles. The SMILES string of the molecule is CC1Cc2ccccc2N1C(=O)c1cncc(N2CCCCC2)c1. The van der Waals surface area contributed by atoms with Crippen LogP contribution in [-0.2, 0) is 6.42 Å². The molecule has 1 unspecified atom stereocenters. The average Bonchev–Trinajstić information content (AvgIpc) is 2.97. The predicted octanol–water partition coefficient (Wildman–Crippen LogP) is 3.66. The normalized spacial score (nSPS) is 20.1. The highest BCUT2D eigenvalue weighted by Crippen LogP contribution is 2.33. The zero-order valence-electron chi connectivity index (χ0n) is 14.1. The van der Waals surface area contributed by atoms with Gasteiger partial charge in [0.05, 0.1) is 17.4 Å². The summed E-state index contributed by atoms with van der Waals surface area (Å²) < 4.78 is 0. The van der Waals surface area contributed by atoms with Crippen molar-refractivity contribution in [2.75, 3.05) is 22.9 Å². The van der Waals surface area contributed by atoms with Crippen LogP contribution < -0.4 is 9.80 Å². The quantitative estimate of drug-likeness (QED) is 0.847. The molecule has 4 heteroatoms. The number of carbonyl (C=O) groups excluding carboxylic acids is 1. The Labute approximate surface area is 143 Å². The highest BCUT2D eigenvalue weighted by atomic mass is 16.2. The van der Waals surface area contributed by atoms with E-state index in [1.807, 2.05) is 35.4 Å². The third-order valence-electron chi connectivity index (χ3n) is 5.12. The molecule has 1 aromatic heterocycles. The van der Waals surface area contributed by atoms with Crippen LogP contribution in [0.1, 0.15) is 42.1 Å². The number of nitrogens with zero attached hydrogens (tertiary/aromatic N) is 3. The van der Waals surface area contributed by atoms with E-state index in [4.69, 9.17) is 0 Å². The van der Waals surface area contributed by atoms with Crippen molar-refractivity contribution in [3.63, 3.8) is 0 Å². The molecule has 0 spiro atoms. The summed E-state index contributed by atoms with van der Waals surface area (Å²) in [6, 6.07) is 10.4. The third kappa shape index (κ3) is 2.66. The molecule has 3 heterocycles. The number of anilines is 2. The van der Waals surface area contributed by atoms with E-state index in [9.17, 15) is 4.79 Å². The lowest BCUT2D eigenvalue weighted by Crippen LogP contribution is -2.36. The van der Waals surface area contributed by atoms with Gasteiger partial charge >= 0.3 is 0 Å². The van der Waals surface area contributed by atoms with Gasteiger partial charge in [-0.25, -0.2) is 0 Å². The zero-order chi connectivity index (χ0) is 16.5. The fourth-order valence-electron chi connectivity index (χ4n) is 3.88. The largest absolute Gasteiger partial charge is 0.370 e. The van der Waals surface area contributed by atoms with Gasteiger partial charge in [-0.1, -0.05) is 18.2 Å². The van der Waals surface area contributed by atoms with Crippen LogP contribution in [0, 0.1) is 0 Å². The molecular formula is C20H23N3O. The number of rotatable bonds is 2. The summed E-state index contributed by atoms with van der Waals surface area (Å²) in [5.74, 6) is 0.0545. The highest BCUT2D eigenvalue weighted by molar-refractivity contribution is 6.08. The number of benzene rings is 1. The summed E-state index contributed by atoms with van der Waals surface area (Å²) in [7, 11) is 0. The number of aromatic nitrogens is 1. The summed E-state index contributed by atoms with van der Waals surface area (Å²) in [5, 5.41) is 0. The Hall–Kier alpha value is -2.36. The second-order valence-electron chi connectivity index (χ2n) is 6.84. The van der Waals surface area contributed by atoms with Gasteiger partial charge in [-0.05, 0) is 50.3 Å². The summed E-state index contributed by atoms with van der Waals surface area (Å²) in [6.07, 6.45) is 8.22. The molecule has 4 nitrogen and oxygen atoms in total. The van der Waals surface area contributed by atoms with E-state index in [0.29, 0.717) is 5.56 Å². The molecule has 2 aliphatic heterocycles. The van der Waals surface area contributed by atoms with E-state index in [1.165, 1.54) is 24.8 Å². The minimum atomic E-state index is 0.0545. The van der Waals surface area contributed by atoms with Crippen molar-refractivity contribution in [3.8, 4) is 0 Å². The summed E-state index contributed by atoms with van der Waals surface area (Å²) in [5.41, 5.74) is 4.04. The van der Waals surface area contributed by atoms with Crippen molar-refractivity contribution in [2.24, 2.45) is 0 Å². The molecule has 124 valence electrons. The number of hydrogen-bond donors (Lipinski definition) is 0. The van der Waals surface area contributed by atoms with Gasteiger partial charge in [-0.2, -0.15) is 0 Å². The molecule has 2 aliphatic rings. The predicted molar refractivity (Wildman–Crippen MR) is 96.7 cm³/mol. The number of carbonyl (C=O) groups is 1. The van der Waals surface area contributed by atoms with Gasteiger partial charge < -0.3 is 9.80 Å². The number of pyridine rings is 1. The summed E-state index contributed by atoms with van der Waals surface area (Å²) in [6.45, 7) is 4.23. The van der Waals surface area contributed by atoms with E-state index in [2.05, 4.69) is 22.9 Å². The van der Waals surface area contributed by atoms with Crippen LogP contribution in [0.4, 0.5) is 11.4 Å². The van der Waals surface area contributed by atoms with Crippen molar-refractivity contribution >= 4 is 17.3 Å². The Balaban J connectivity index is 1.63. The topological polar surface area (TPSA) is 36.4 Å². The first-order valence-corrected chi connectivity index (χ1v) is 8.85. The van der Waals surface area contributed by atoms with Crippen molar-refractivity contribution in [1.82, 2.24) is 4.98 Å². The number of fused-ring (bicyclic) bond motifs is 1. The van der Waals surface area contributed by atoms with Crippen LogP contribution in [0.2, 0.25) is 0 Å². The van der Waals surface area contributed by atoms with Crippen LogP contribution >= 0.6 is 0 Å². The lowest BCUT2D eigenvalue weighted by Gasteiger charge is -2.29. The first-order valence-electron chi connectivity index (χ1n) is 8.85. The van der Waals surface area contributed by atoms with Crippen LogP contribution in [0.5, 0.6) is 0 Å². The molecule has 1 amide bonds. The average molecular weight is 321 g/mol. The first-order chi connectivity index (χ1) is 11.7. The maximum atomic E-state index is 13.1. The van der Waals surface area contributed by atoms with Crippen LogP contribution in [0.3, 0.4) is 0 Å². The van der Waals surface area contributed by atoms with E-state index >= 15 is 0 Å². The molecule has 0 aliphatic carbocycles. The van der Waals surface area contributed by atoms with Crippen molar-refractivity contribution in [3.05, 3.63) is 53.9 Å². The van der Waals surface area contributed by atoms with Gasteiger partial charge in [0.25, 0.3) is 5.91 Å². The van der Waals surface area contributed by atoms with Gasteiger partial charge in [0, 0.05) is 31.0 Å².